The van der Waals surface area contributed by atoms with Crippen LogP contribution in [0.25, 0.3) is 10.2 Å². The zero-order valence-corrected chi connectivity index (χ0v) is 23.8. The molecule has 0 spiro atoms. The van der Waals surface area contributed by atoms with Gasteiger partial charge in [-0.05, 0) is 49.4 Å². The molecule has 2 aromatic carbocycles. The third-order valence-electron chi connectivity index (χ3n) is 6.44. The Hall–Kier alpha value is -3.25. The van der Waals surface area contributed by atoms with Crippen molar-refractivity contribution in [2.24, 2.45) is 0 Å². The Balaban J connectivity index is 1.24. The van der Waals surface area contributed by atoms with Gasteiger partial charge in [0, 0.05) is 57.9 Å². The molecule has 39 heavy (non-hydrogen) atoms. The molecule has 1 amide bonds. The Morgan fingerprint density at radius 3 is 2.44 bits per heavy atom. The number of fused-ring (bicyclic) bond motifs is 1. The van der Waals surface area contributed by atoms with E-state index in [1.54, 1.807) is 11.3 Å². The van der Waals surface area contributed by atoms with E-state index < -0.39 is 10.0 Å². The molecule has 0 saturated carbocycles. The van der Waals surface area contributed by atoms with Crippen molar-refractivity contribution in [3.8, 4) is 5.75 Å². The summed E-state index contributed by atoms with van der Waals surface area (Å²) >= 11 is 1.68. The molecule has 2 heterocycles. The first-order valence-electron chi connectivity index (χ1n) is 13.0. The van der Waals surface area contributed by atoms with Crippen LogP contribution in [-0.2, 0) is 10.0 Å². The number of carbonyl (C=O) groups is 1. The van der Waals surface area contributed by atoms with Gasteiger partial charge in [-0.2, -0.15) is 4.31 Å². The van der Waals surface area contributed by atoms with Gasteiger partial charge in [0.1, 0.15) is 5.75 Å². The molecular formula is C28H35N5O4S2. The van der Waals surface area contributed by atoms with Gasteiger partial charge in [-0.15, -0.1) is 13.2 Å². The lowest BCUT2D eigenvalue weighted by Crippen LogP contribution is -2.48. The summed E-state index contributed by atoms with van der Waals surface area (Å²) in [6.45, 7) is 15.0. The Morgan fingerprint density at radius 2 is 1.79 bits per heavy atom. The van der Waals surface area contributed by atoms with Gasteiger partial charge in [-0.3, -0.25) is 9.69 Å². The second-order valence-electron chi connectivity index (χ2n) is 9.07. The number of aromatic nitrogens is 1. The third-order valence-corrected chi connectivity index (χ3v) is 9.36. The van der Waals surface area contributed by atoms with Gasteiger partial charge in [0.05, 0.1) is 21.7 Å². The number of carbonyl (C=O) groups excluding carboxylic acids is 1. The molecule has 1 saturated heterocycles. The summed E-state index contributed by atoms with van der Waals surface area (Å²) in [5.74, 6) is 0.638. The molecule has 4 rings (SSSR count). The highest BCUT2D eigenvalue weighted by molar-refractivity contribution is 7.89. The zero-order valence-electron chi connectivity index (χ0n) is 22.2. The Bertz CT molecular complexity index is 1390. The standard InChI is InChI=1S/C28H35N5O4S2/c1-4-14-33(15-5-2)39(35,36)24-10-7-22(8-11-24)27(34)29-13-16-31-17-19-32(20-18-31)28-30-25-12-9-23(37-6-3)21-26(25)38-28/h4-5,7-12,21H,1-2,6,13-20H2,3H3,(H,29,34). The van der Waals surface area contributed by atoms with E-state index in [9.17, 15) is 13.2 Å². The molecule has 1 aliphatic rings. The number of nitrogens with zero attached hydrogens (tertiary/aromatic N) is 4. The quantitative estimate of drug-likeness (QED) is 0.314. The first kappa shape index (κ1) is 28.8. The van der Waals surface area contributed by atoms with Gasteiger partial charge in [-0.25, -0.2) is 13.4 Å². The van der Waals surface area contributed by atoms with Crippen molar-refractivity contribution in [2.45, 2.75) is 11.8 Å². The van der Waals surface area contributed by atoms with E-state index in [1.807, 2.05) is 25.1 Å². The highest BCUT2D eigenvalue weighted by atomic mass is 32.2. The zero-order chi connectivity index (χ0) is 27.8. The lowest BCUT2D eigenvalue weighted by molar-refractivity contribution is 0.0947. The maximum absolute atomic E-state index is 12.8. The van der Waals surface area contributed by atoms with E-state index in [0.717, 1.165) is 53.8 Å². The van der Waals surface area contributed by atoms with Gasteiger partial charge >= 0.3 is 0 Å². The number of sulfonamides is 1. The summed E-state index contributed by atoms with van der Waals surface area (Å²) in [5.41, 5.74) is 1.40. The summed E-state index contributed by atoms with van der Waals surface area (Å²) in [4.78, 5) is 22.2. The van der Waals surface area contributed by atoms with E-state index in [1.165, 1.54) is 40.7 Å². The molecular weight excluding hydrogens is 534 g/mol. The summed E-state index contributed by atoms with van der Waals surface area (Å²) in [6.07, 6.45) is 3.06. The molecule has 1 fully saturated rings. The molecule has 0 unspecified atom stereocenters. The first-order chi connectivity index (χ1) is 18.8. The van der Waals surface area contributed by atoms with Crippen molar-refractivity contribution >= 4 is 42.6 Å². The molecule has 0 aliphatic carbocycles. The van der Waals surface area contributed by atoms with Crippen LogP contribution in [0.15, 0.2) is 72.7 Å². The minimum absolute atomic E-state index is 0.128. The second-order valence-corrected chi connectivity index (χ2v) is 12.0. The average Bonchev–Trinajstić information content (AvgIpc) is 3.37. The first-order valence-corrected chi connectivity index (χ1v) is 15.2. The van der Waals surface area contributed by atoms with Crippen LogP contribution in [-0.4, -0.2) is 87.5 Å². The number of amides is 1. The van der Waals surface area contributed by atoms with Crippen molar-refractivity contribution < 1.29 is 17.9 Å². The molecule has 0 atom stereocenters. The topological polar surface area (TPSA) is 95.1 Å². The number of piperazine rings is 1. The van der Waals surface area contributed by atoms with Crippen molar-refractivity contribution in [3.63, 3.8) is 0 Å². The number of thiazole rings is 1. The predicted octanol–water partition coefficient (Wildman–Crippen LogP) is 3.61. The summed E-state index contributed by atoms with van der Waals surface area (Å²) in [7, 11) is -3.70. The third kappa shape index (κ3) is 7.04. The number of rotatable bonds is 13. The predicted molar refractivity (Wildman–Crippen MR) is 157 cm³/mol. The van der Waals surface area contributed by atoms with E-state index >= 15 is 0 Å². The van der Waals surface area contributed by atoms with Crippen molar-refractivity contribution in [2.75, 3.05) is 63.9 Å². The highest BCUT2D eigenvalue weighted by Gasteiger charge is 2.23. The molecule has 3 aromatic rings. The fourth-order valence-corrected chi connectivity index (χ4v) is 6.79. The minimum Gasteiger partial charge on any atom is -0.494 e. The summed E-state index contributed by atoms with van der Waals surface area (Å²) in [5, 5.41) is 3.96. The SMILES string of the molecule is C=CCN(CC=C)S(=O)(=O)c1ccc(C(=O)NCCN2CCN(c3nc4ccc(OCC)cc4s3)CC2)cc1. The maximum Gasteiger partial charge on any atom is 0.251 e. The number of anilines is 1. The molecule has 208 valence electrons. The Labute approximate surface area is 234 Å². The second kappa shape index (κ2) is 13.2. The van der Waals surface area contributed by atoms with E-state index in [4.69, 9.17) is 9.72 Å². The van der Waals surface area contributed by atoms with Gasteiger partial charge < -0.3 is 15.0 Å². The maximum atomic E-state index is 12.8. The summed E-state index contributed by atoms with van der Waals surface area (Å²) in [6, 6.07) is 12.0. The number of benzene rings is 2. The van der Waals surface area contributed by atoms with Gasteiger partial charge in [-0.1, -0.05) is 23.5 Å². The molecule has 9 nitrogen and oxygen atoms in total. The largest absolute Gasteiger partial charge is 0.494 e. The molecule has 1 aliphatic heterocycles. The van der Waals surface area contributed by atoms with E-state index in [2.05, 4.69) is 28.3 Å². The fraction of sp³-hybridized carbons (Fsp3) is 0.357. The smallest absolute Gasteiger partial charge is 0.251 e. The molecule has 11 heteroatoms. The van der Waals surface area contributed by atoms with Gasteiger partial charge in [0.2, 0.25) is 10.0 Å². The number of ether oxygens (including phenoxy) is 1. The fourth-order valence-electron chi connectivity index (χ4n) is 4.36. The highest BCUT2D eigenvalue weighted by Crippen LogP contribution is 2.32. The average molecular weight is 570 g/mol. The van der Waals surface area contributed by atoms with E-state index in [0.29, 0.717) is 18.7 Å². The summed E-state index contributed by atoms with van der Waals surface area (Å²) < 4.78 is 33.7. The van der Waals surface area contributed by atoms with Crippen LogP contribution in [0, 0.1) is 0 Å². The number of nitrogens with one attached hydrogen (secondary N) is 1. The van der Waals surface area contributed by atoms with Crippen molar-refractivity contribution in [3.05, 3.63) is 73.3 Å². The van der Waals surface area contributed by atoms with Crippen molar-refractivity contribution in [1.29, 1.82) is 0 Å². The minimum atomic E-state index is -3.70. The van der Waals surface area contributed by atoms with Crippen LogP contribution in [0.5, 0.6) is 5.75 Å². The molecule has 1 aromatic heterocycles. The van der Waals surface area contributed by atoms with Crippen LogP contribution in [0.3, 0.4) is 0 Å². The van der Waals surface area contributed by atoms with Crippen LogP contribution in [0.1, 0.15) is 17.3 Å². The van der Waals surface area contributed by atoms with E-state index in [-0.39, 0.29) is 23.9 Å². The van der Waals surface area contributed by atoms with Crippen molar-refractivity contribution in [1.82, 2.24) is 19.5 Å². The Kier molecular flexibility index (Phi) is 9.73. The van der Waals surface area contributed by atoms with Crippen LogP contribution >= 0.6 is 11.3 Å². The number of hydrogen-bond donors (Lipinski definition) is 1. The van der Waals surface area contributed by atoms with Gasteiger partial charge in [0.25, 0.3) is 5.91 Å². The lowest BCUT2D eigenvalue weighted by atomic mass is 10.2. The molecule has 1 N–H and O–H groups in total. The normalized spacial score (nSPS) is 14.5. The molecule has 0 bridgehead atoms. The number of hydrogen-bond acceptors (Lipinski definition) is 8. The molecule has 0 radical (unpaired) electrons. The van der Waals surface area contributed by atoms with Crippen LogP contribution < -0.4 is 15.0 Å². The monoisotopic (exact) mass is 569 g/mol. The lowest BCUT2D eigenvalue weighted by Gasteiger charge is -2.34. The van der Waals surface area contributed by atoms with Crippen LogP contribution in [0.2, 0.25) is 0 Å². The van der Waals surface area contributed by atoms with Crippen LogP contribution in [0.4, 0.5) is 5.13 Å². The van der Waals surface area contributed by atoms with Gasteiger partial charge in [0.15, 0.2) is 5.13 Å². The Morgan fingerprint density at radius 1 is 1.10 bits per heavy atom.